The highest BCUT2D eigenvalue weighted by Gasteiger charge is 2.10. The zero-order chi connectivity index (χ0) is 13.8. The van der Waals surface area contributed by atoms with Crippen LogP contribution in [-0.4, -0.2) is 16.1 Å². The second kappa shape index (κ2) is 5.14. The number of hydrogen-bond acceptors (Lipinski definition) is 4. The van der Waals surface area contributed by atoms with Crippen LogP contribution < -0.4 is 5.32 Å². The Morgan fingerprint density at radius 2 is 2.05 bits per heavy atom. The van der Waals surface area contributed by atoms with Gasteiger partial charge in [0.15, 0.2) is 5.69 Å². The van der Waals surface area contributed by atoms with E-state index in [0.29, 0.717) is 0 Å². The molecule has 0 spiro atoms. The van der Waals surface area contributed by atoms with Crippen LogP contribution >= 0.6 is 0 Å². The average molecular weight is 257 g/mol. The van der Waals surface area contributed by atoms with Crippen molar-refractivity contribution in [2.75, 3.05) is 5.32 Å². The molecule has 94 valence electrons. The maximum Gasteiger partial charge on any atom is 0.354 e. The number of anilines is 2. The van der Waals surface area contributed by atoms with Crippen LogP contribution in [0.2, 0.25) is 0 Å². The number of nitrogens with zero attached hydrogens (tertiary/aromatic N) is 2. The number of carboxylic acids is 1. The molecule has 0 aliphatic rings. The van der Waals surface area contributed by atoms with Crippen molar-refractivity contribution < 1.29 is 14.3 Å². The molecule has 0 aliphatic carbocycles. The minimum atomic E-state index is -1.16. The molecule has 2 N–H and O–H groups in total. The van der Waals surface area contributed by atoms with Gasteiger partial charge in [-0.25, -0.2) is 14.2 Å². The Kier molecular flexibility index (Phi) is 3.39. The highest BCUT2D eigenvalue weighted by Crippen LogP contribution is 2.21. The lowest BCUT2D eigenvalue weighted by Crippen LogP contribution is -2.03. The summed E-state index contributed by atoms with van der Waals surface area (Å²) in [5.74, 6) is -1.59. The molecule has 2 rings (SSSR count). The molecule has 0 amide bonds. The monoisotopic (exact) mass is 257 g/mol. The first-order valence-electron chi connectivity index (χ1n) is 5.28. The number of aromatic nitrogens is 1. The van der Waals surface area contributed by atoms with E-state index in [1.54, 1.807) is 6.07 Å². The fraction of sp³-hybridized carbons (Fsp3) is 0. The third kappa shape index (κ3) is 2.66. The summed E-state index contributed by atoms with van der Waals surface area (Å²) < 4.78 is 13.4. The van der Waals surface area contributed by atoms with Crippen LogP contribution in [0, 0.1) is 17.1 Å². The maximum absolute atomic E-state index is 13.4. The topological polar surface area (TPSA) is 86.0 Å². The summed E-state index contributed by atoms with van der Waals surface area (Å²) in [6.45, 7) is 0. The number of hydrogen-bond donors (Lipinski definition) is 2. The van der Waals surface area contributed by atoms with Crippen molar-refractivity contribution in [3.8, 4) is 6.07 Å². The van der Waals surface area contributed by atoms with E-state index in [1.807, 2.05) is 0 Å². The van der Waals surface area contributed by atoms with Crippen LogP contribution in [0.25, 0.3) is 0 Å². The van der Waals surface area contributed by atoms with Gasteiger partial charge in [-0.15, -0.1) is 0 Å². The molecule has 6 heteroatoms. The average Bonchev–Trinajstić information content (AvgIpc) is 2.39. The Morgan fingerprint density at radius 1 is 1.32 bits per heavy atom. The molecule has 0 atom stereocenters. The first-order chi connectivity index (χ1) is 9.11. The van der Waals surface area contributed by atoms with Crippen LogP contribution in [0.1, 0.15) is 16.1 Å². The second-order valence-corrected chi connectivity index (χ2v) is 3.61. The molecule has 0 saturated carbocycles. The van der Waals surface area contributed by atoms with Gasteiger partial charge in [0.1, 0.15) is 23.3 Å². The van der Waals surface area contributed by atoms with Gasteiger partial charge >= 0.3 is 5.97 Å². The van der Waals surface area contributed by atoms with E-state index in [1.165, 1.54) is 36.4 Å². The van der Waals surface area contributed by atoms with E-state index in [-0.39, 0.29) is 22.8 Å². The van der Waals surface area contributed by atoms with E-state index >= 15 is 0 Å². The number of carbonyl (C=O) groups is 1. The van der Waals surface area contributed by atoms with Gasteiger partial charge in [-0.1, -0.05) is 12.1 Å². The van der Waals surface area contributed by atoms with E-state index in [4.69, 9.17) is 10.4 Å². The summed E-state index contributed by atoms with van der Waals surface area (Å²) in [6.07, 6.45) is 0. The van der Waals surface area contributed by atoms with Gasteiger partial charge in [0.2, 0.25) is 0 Å². The molecule has 0 saturated heterocycles. The lowest BCUT2D eigenvalue weighted by molar-refractivity contribution is 0.0690. The second-order valence-electron chi connectivity index (χ2n) is 3.61. The number of rotatable bonds is 3. The van der Waals surface area contributed by atoms with Gasteiger partial charge in [-0.3, -0.25) is 0 Å². The van der Waals surface area contributed by atoms with Crippen molar-refractivity contribution in [1.82, 2.24) is 4.98 Å². The first kappa shape index (κ1) is 12.5. The van der Waals surface area contributed by atoms with Crippen molar-refractivity contribution in [2.24, 2.45) is 0 Å². The van der Waals surface area contributed by atoms with Crippen LogP contribution in [-0.2, 0) is 0 Å². The number of nitrogens with one attached hydrogen (secondary N) is 1. The highest BCUT2D eigenvalue weighted by atomic mass is 19.1. The van der Waals surface area contributed by atoms with Crippen molar-refractivity contribution in [3.63, 3.8) is 0 Å². The van der Waals surface area contributed by atoms with Crippen molar-refractivity contribution >= 4 is 17.5 Å². The molecule has 0 unspecified atom stereocenters. The van der Waals surface area contributed by atoms with Gasteiger partial charge in [-0.05, 0) is 24.3 Å². The third-order valence-electron chi connectivity index (χ3n) is 2.36. The molecule has 1 aromatic carbocycles. The minimum absolute atomic E-state index is 0.139. The normalized spacial score (nSPS) is 9.68. The third-order valence-corrected chi connectivity index (χ3v) is 2.36. The number of halogens is 1. The molecular formula is C13H8FN3O2. The summed E-state index contributed by atoms with van der Waals surface area (Å²) in [6, 6.07) is 10.2. The quantitative estimate of drug-likeness (QED) is 0.882. The van der Waals surface area contributed by atoms with Gasteiger partial charge in [0.05, 0.1) is 5.69 Å². The van der Waals surface area contributed by atoms with Crippen LogP contribution in [0.5, 0.6) is 0 Å². The zero-order valence-electron chi connectivity index (χ0n) is 9.59. The fourth-order valence-corrected chi connectivity index (χ4v) is 1.50. The molecular weight excluding hydrogens is 249 g/mol. The van der Waals surface area contributed by atoms with Crippen molar-refractivity contribution in [1.29, 1.82) is 5.26 Å². The highest BCUT2D eigenvalue weighted by molar-refractivity contribution is 5.86. The van der Waals surface area contributed by atoms with Crippen LogP contribution in [0.3, 0.4) is 0 Å². The number of benzene rings is 1. The standard InChI is InChI=1S/C13H8FN3O2/c14-9-3-1-4-10(8(9)7-15)16-12-6-2-5-11(17-12)13(18)19/h1-6H,(H,16,17)(H,18,19). The Hall–Kier alpha value is -2.94. The summed E-state index contributed by atoms with van der Waals surface area (Å²) in [5, 5.41) is 20.4. The van der Waals surface area contributed by atoms with E-state index < -0.39 is 11.8 Å². The Morgan fingerprint density at radius 3 is 2.74 bits per heavy atom. The molecule has 2 aromatic rings. The first-order valence-corrected chi connectivity index (χ1v) is 5.28. The van der Waals surface area contributed by atoms with E-state index in [2.05, 4.69) is 10.3 Å². The smallest absolute Gasteiger partial charge is 0.354 e. The number of carboxylic acid groups (broad SMARTS) is 1. The predicted octanol–water partition coefficient (Wildman–Crippen LogP) is 2.53. The molecule has 0 bridgehead atoms. The van der Waals surface area contributed by atoms with Crippen LogP contribution in [0.4, 0.5) is 15.9 Å². The largest absolute Gasteiger partial charge is 0.477 e. The summed E-state index contributed by atoms with van der Waals surface area (Å²) >= 11 is 0. The van der Waals surface area contributed by atoms with Crippen molar-refractivity contribution in [3.05, 3.63) is 53.5 Å². The Balaban J connectivity index is 2.37. The maximum atomic E-state index is 13.4. The zero-order valence-corrected chi connectivity index (χ0v) is 9.59. The number of nitriles is 1. The molecule has 5 nitrogen and oxygen atoms in total. The minimum Gasteiger partial charge on any atom is -0.477 e. The molecule has 0 radical (unpaired) electrons. The molecule has 0 fully saturated rings. The lowest BCUT2D eigenvalue weighted by atomic mass is 10.2. The van der Waals surface area contributed by atoms with Gasteiger partial charge < -0.3 is 10.4 Å². The molecule has 1 aromatic heterocycles. The number of aromatic carboxylic acids is 1. The molecule has 1 heterocycles. The molecule has 19 heavy (non-hydrogen) atoms. The predicted molar refractivity (Wildman–Crippen MR) is 65.6 cm³/mol. The van der Waals surface area contributed by atoms with E-state index in [0.717, 1.165) is 0 Å². The number of pyridine rings is 1. The van der Waals surface area contributed by atoms with Gasteiger partial charge in [0, 0.05) is 0 Å². The summed E-state index contributed by atoms with van der Waals surface area (Å²) in [7, 11) is 0. The molecule has 0 aliphatic heterocycles. The van der Waals surface area contributed by atoms with Crippen molar-refractivity contribution in [2.45, 2.75) is 0 Å². The SMILES string of the molecule is N#Cc1c(F)cccc1Nc1cccc(C(=O)O)n1. The summed E-state index contributed by atoms with van der Waals surface area (Å²) in [5.41, 5.74) is -0.0533. The van der Waals surface area contributed by atoms with E-state index in [9.17, 15) is 9.18 Å². The van der Waals surface area contributed by atoms with Crippen LogP contribution in [0.15, 0.2) is 36.4 Å². The van der Waals surface area contributed by atoms with Gasteiger partial charge in [0.25, 0.3) is 0 Å². The lowest BCUT2D eigenvalue weighted by Gasteiger charge is -2.08. The van der Waals surface area contributed by atoms with Gasteiger partial charge in [-0.2, -0.15) is 5.26 Å². The Labute approximate surface area is 108 Å². The summed E-state index contributed by atoms with van der Waals surface area (Å²) in [4.78, 5) is 14.6. The Bertz CT molecular complexity index is 680. The fourth-order valence-electron chi connectivity index (χ4n) is 1.50.